The molecule has 1 saturated heterocycles. The van der Waals surface area contributed by atoms with E-state index in [4.69, 9.17) is 0 Å². The summed E-state index contributed by atoms with van der Waals surface area (Å²) in [5, 5.41) is 20.3. The van der Waals surface area contributed by atoms with Crippen LogP contribution in [-0.4, -0.2) is 27.6 Å². The summed E-state index contributed by atoms with van der Waals surface area (Å²) >= 11 is 4.78. The molecule has 1 atom stereocenters. The number of phenolic OH excluding ortho intramolecular Hbond substituents is 1. The van der Waals surface area contributed by atoms with E-state index in [-0.39, 0.29) is 16.9 Å². The number of halogens is 1. The van der Waals surface area contributed by atoms with Crippen LogP contribution in [0.1, 0.15) is 11.1 Å². The van der Waals surface area contributed by atoms with Gasteiger partial charge in [-0.1, -0.05) is 39.8 Å². The highest BCUT2D eigenvalue weighted by atomic mass is 79.9. The summed E-state index contributed by atoms with van der Waals surface area (Å²) in [5.41, 5.74) is 1.91. The monoisotopic (exact) mass is 403 g/mol. The Balaban J connectivity index is 1.61. The van der Waals surface area contributed by atoms with Crippen molar-refractivity contribution in [1.82, 2.24) is 5.32 Å². The number of benzene rings is 2. The molecular formula is C17H14BrN3O2S. The Labute approximate surface area is 152 Å². The average Bonchev–Trinajstić information content (AvgIpc) is 2.91. The van der Waals surface area contributed by atoms with Crippen LogP contribution >= 0.6 is 27.7 Å². The number of rotatable bonds is 4. The number of phenols is 1. The smallest absolute Gasteiger partial charge is 0.239 e. The number of aromatic hydroxyl groups is 1. The lowest BCUT2D eigenvalue weighted by molar-refractivity contribution is -0.118. The minimum Gasteiger partial charge on any atom is -0.508 e. The lowest BCUT2D eigenvalue weighted by Crippen LogP contribution is -2.25. The number of carbonyl (C=O) groups excluding carboxylic acids is 1. The summed E-state index contributed by atoms with van der Waals surface area (Å²) in [6, 6.07) is 14.5. The van der Waals surface area contributed by atoms with Gasteiger partial charge in [0.05, 0.1) is 11.5 Å². The summed E-state index contributed by atoms with van der Waals surface area (Å²) in [4.78, 5) is 12.0. The first kappa shape index (κ1) is 16.7. The normalized spacial score (nSPS) is 19.1. The predicted octanol–water partition coefficient (Wildman–Crippen LogP) is 3.32. The number of thioether (sulfide) groups is 1. The zero-order valence-corrected chi connectivity index (χ0v) is 14.9. The van der Waals surface area contributed by atoms with Gasteiger partial charge in [-0.15, -0.1) is 5.10 Å². The van der Waals surface area contributed by atoms with Crippen molar-refractivity contribution in [3.63, 3.8) is 0 Å². The van der Waals surface area contributed by atoms with Crippen molar-refractivity contribution in [3.8, 4) is 5.75 Å². The first-order valence-corrected chi connectivity index (χ1v) is 8.89. The fourth-order valence-electron chi connectivity index (χ4n) is 2.13. The molecule has 24 heavy (non-hydrogen) atoms. The molecule has 1 amide bonds. The minimum absolute atomic E-state index is 0.0542. The molecule has 1 aliphatic heterocycles. The maximum atomic E-state index is 12.0. The highest BCUT2D eigenvalue weighted by Crippen LogP contribution is 2.24. The second kappa shape index (κ2) is 7.63. The van der Waals surface area contributed by atoms with Crippen LogP contribution < -0.4 is 5.32 Å². The number of amidine groups is 1. The lowest BCUT2D eigenvalue weighted by atomic mass is 10.1. The van der Waals surface area contributed by atoms with Gasteiger partial charge in [-0.2, -0.15) is 5.10 Å². The SMILES string of the molecule is O=C1N/C(=N\N=Cc2ccc(O)cc2)SC1Cc1ccc(Br)cc1. The Morgan fingerprint density at radius 1 is 1.17 bits per heavy atom. The molecule has 1 fully saturated rings. The van der Waals surface area contributed by atoms with Crippen LogP contribution in [0.15, 0.2) is 63.2 Å². The van der Waals surface area contributed by atoms with Crippen LogP contribution in [0.25, 0.3) is 0 Å². The van der Waals surface area contributed by atoms with Gasteiger partial charge in [0.1, 0.15) is 5.75 Å². The molecule has 1 heterocycles. The van der Waals surface area contributed by atoms with Crippen LogP contribution in [0.3, 0.4) is 0 Å². The zero-order valence-electron chi connectivity index (χ0n) is 12.5. The maximum Gasteiger partial charge on any atom is 0.239 e. The van der Waals surface area contributed by atoms with Gasteiger partial charge in [-0.05, 0) is 53.9 Å². The van der Waals surface area contributed by atoms with Gasteiger partial charge in [0, 0.05) is 4.47 Å². The van der Waals surface area contributed by atoms with E-state index >= 15 is 0 Å². The van der Waals surface area contributed by atoms with E-state index in [1.165, 1.54) is 11.8 Å². The Bertz CT molecular complexity index is 788. The third kappa shape index (κ3) is 4.46. The van der Waals surface area contributed by atoms with Crippen LogP contribution in [-0.2, 0) is 11.2 Å². The summed E-state index contributed by atoms with van der Waals surface area (Å²) in [5.74, 6) is 0.148. The van der Waals surface area contributed by atoms with Gasteiger partial charge in [0.25, 0.3) is 0 Å². The van der Waals surface area contributed by atoms with Gasteiger partial charge in [-0.25, -0.2) is 0 Å². The van der Waals surface area contributed by atoms with Crippen LogP contribution in [0.2, 0.25) is 0 Å². The van der Waals surface area contributed by atoms with Crippen molar-refractivity contribution < 1.29 is 9.90 Å². The summed E-state index contributed by atoms with van der Waals surface area (Å²) in [7, 11) is 0. The summed E-state index contributed by atoms with van der Waals surface area (Å²) in [6.07, 6.45) is 2.21. The first-order valence-electron chi connectivity index (χ1n) is 7.22. The molecule has 0 spiro atoms. The van der Waals surface area contributed by atoms with Crippen molar-refractivity contribution in [1.29, 1.82) is 0 Å². The van der Waals surface area contributed by atoms with E-state index in [1.54, 1.807) is 30.5 Å². The standard InChI is InChI=1S/C17H14BrN3O2S/c18-13-5-1-11(2-6-13)9-15-16(23)20-17(24-15)21-19-10-12-3-7-14(22)8-4-12/h1-8,10,15,22H,9H2,(H,20,21,23). The average molecular weight is 404 g/mol. The van der Waals surface area contributed by atoms with Crippen molar-refractivity contribution in [3.05, 3.63) is 64.1 Å². The molecule has 1 aliphatic rings. The Kier molecular flexibility index (Phi) is 5.32. The van der Waals surface area contributed by atoms with Crippen LogP contribution in [0.5, 0.6) is 5.75 Å². The highest BCUT2D eigenvalue weighted by molar-refractivity contribution is 9.10. The molecule has 1 unspecified atom stereocenters. The second-order valence-electron chi connectivity index (χ2n) is 5.17. The third-order valence-electron chi connectivity index (χ3n) is 3.36. The molecule has 0 aliphatic carbocycles. The molecule has 7 heteroatoms. The van der Waals surface area contributed by atoms with E-state index in [2.05, 4.69) is 31.4 Å². The number of carbonyl (C=O) groups is 1. The zero-order chi connectivity index (χ0) is 16.9. The molecule has 0 bridgehead atoms. The topological polar surface area (TPSA) is 74.0 Å². The Morgan fingerprint density at radius 3 is 2.58 bits per heavy atom. The molecule has 2 N–H and O–H groups in total. The predicted molar refractivity (Wildman–Crippen MR) is 101 cm³/mol. The van der Waals surface area contributed by atoms with Crippen molar-refractivity contribution >= 4 is 45.0 Å². The quantitative estimate of drug-likeness (QED) is 0.607. The molecule has 2 aromatic rings. The molecule has 2 aromatic carbocycles. The fourth-order valence-corrected chi connectivity index (χ4v) is 3.36. The number of nitrogens with one attached hydrogen (secondary N) is 1. The molecule has 5 nitrogen and oxygen atoms in total. The van der Waals surface area contributed by atoms with Crippen LogP contribution in [0.4, 0.5) is 0 Å². The highest BCUT2D eigenvalue weighted by Gasteiger charge is 2.30. The van der Waals surface area contributed by atoms with Gasteiger partial charge in [0.15, 0.2) is 5.17 Å². The van der Waals surface area contributed by atoms with E-state index in [1.807, 2.05) is 24.3 Å². The fraction of sp³-hybridized carbons (Fsp3) is 0.118. The van der Waals surface area contributed by atoms with Crippen molar-refractivity contribution in [2.24, 2.45) is 10.2 Å². The van der Waals surface area contributed by atoms with E-state index in [0.29, 0.717) is 11.6 Å². The Morgan fingerprint density at radius 2 is 1.88 bits per heavy atom. The number of hydrogen-bond donors (Lipinski definition) is 2. The number of hydrogen-bond acceptors (Lipinski definition) is 5. The summed E-state index contributed by atoms with van der Waals surface area (Å²) in [6.45, 7) is 0. The van der Waals surface area contributed by atoms with Gasteiger partial charge >= 0.3 is 0 Å². The molecule has 0 saturated carbocycles. The molecular weight excluding hydrogens is 390 g/mol. The second-order valence-corrected chi connectivity index (χ2v) is 7.27. The first-order chi connectivity index (χ1) is 11.6. The van der Waals surface area contributed by atoms with Crippen LogP contribution in [0, 0.1) is 0 Å². The third-order valence-corrected chi connectivity index (χ3v) is 4.96. The Hall–Kier alpha value is -2.12. The minimum atomic E-state index is -0.200. The largest absolute Gasteiger partial charge is 0.508 e. The number of amides is 1. The molecule has 122 valence electrons. The molecule has 0 aromatic heterocycles. The van der Waals surface area contributed by atoms with E-state index in [0.717, 1.165) is 15.6 Å². The van der Waals surface area contributed by atoms with E-state index in [9.17, 15) is 9.90 Å². The van der Waals surface area contributed by atoms with Gasteiger partial charge in [0.2, 0.25) is 5.91 Å². The lowest BCUT2D eigenvalue weighted by Gasteiger charge is -2.05. The summed E-state index contributed by atoms with van der Waals surface area (Å²) < 4.78 is 1.01. The van der Waals surface area contributed by atoms with Gasteiger partial charge < -0.3 is 10.4 Å². The van der Waals surface area contributed by atoms with Crippen molar-refractivity contribution in [2.75, 3.05) is 0 Å². The molecule has 3 rings (SSSR count). The maximum absolute atomic E-state index is 12.0. The van der Waals surface area contributed by atoms with Crippen molar-refractivity contribution in [2.45, 2.75) is 11.7 Å². The number of nitrogens with zero attached hydrogens (tertiary/aromatic N) is 2. The van der Waals surface area contributed by atoms with E-state index < -0.39 is 0 Å². The molecule has 0 radical (unpaired) electrons. The van der Waals surface area contributed by atoms with Gasteiger partial charge in [-0.3, -0.25) is 4.79 Å².